The fraction of sp³-hybridized carbons (Fsp3) is 0.571. The van der Waals surface area contributed by atoms with Gasteiger partial charge in [-0.3, -0.25) is 0 Å². The molecule has 0 radical (unpaired) electrons. The van der Waals surface area contributed by atoms with Crippen molar-refractivity contribution in [2.45, 2.75) is 23.5 Å². The first-order valence-corrected chi connectivity index (χ1v) is 7.31. The molecule has 1 aliphatic rings. The van der Waals surface area contributed by atoms with Crippen molar-refractivity contribution in [3.05, 3.63) is 29.8 Å². The van der Waals surface area contributed by atoms with E-state index in [9.17, 15) is 0 Å². The average Bonchev–Trinajstić information content (AvgIpc) is 2.76. The smallest absolute Gasteiger partial charge is 0.0260 e. The Morgan fingerprint density at radius 1 is 1.41 bits per heavy atom. The standard InChI is InChI=1S/C14H22N2S/c1-3-16(2)9-8-15-11-13-10-12-6-4-5-7-14(12)17-13/h4-7,13,15H,3,8-11H2,1-2H3. The molecule has 0 spiro atoms. The number of nitrogens with zero attached hydrogens (tertiary/aromatic N) is 1. The second-order valence-electron chi connectivity index (χ2n) is 4.65. The summed E-state index contributed by atoms with van der Waals surface area (Å²) in [5.74, 6) is 0. The molecule has 0 saturated heterocycles. The lowest BCUT2D eigenvalue weighted by Gasteiger charge is -2.15. The molecule has 0 amide bonds. The van der Waals surface area contributed by atoms with Crippen LogP contribution in [-0.2, 0) is 6.42 Å². The summed E-state index contributed by atoms with van der Waals surface area (Å²) in [6, 6.07) is 8.78. The van der Waals surface area contributed by atoms with Crippen LogP contribution in [0.2, 0.25) is 0 Å². The summed E-state index contributed by atoms with van der Waals surface area (Å²) in [5, 5.41) is 4.29. The molecule has 2 rings (SSSR count). The van der Waals surface area contributed by atoms with Gasteiger partial charge in [0.05, 0.1) is 0 Å². The number of likely N-dealkylation sites (N-methyl/N-ethyl adjacent to an activating group) is 1. The number of nitrogens with one attached hydrogen (secondary N) is 1. The summed E-state index contributed by atoms with van der Waals surface area (Å²) in [6.07, 6.45) is 1.22. The Bertz CT molecular complexity index is 329. The number of thioether (sulfide) groups is 1. The molecule has 3 heteroatoms. The van der Waals surface area contributed by atoms with Crippen molar-refractivity contribution in [3.8, 4) is 0 Å². The number of benzene rings is 1. The molecular weight excluding hydrogens is 228 g/mol. The van der Waals surface area contributed by atoms with E-state index in [4.69, 9.17) is 0 Å². The molecule has 1 aromatic rings. The minimum Gasteiger partial charge on any atom is -0.314 e. The van der Waals surface area contributed by atoms with Crippen LogP contribution in [0.25, 0.3) is 0 Å². The molecule has 1 N–H and O–H groups in total. The molecule has 1 aliphatic heterocycles. The predicted molar refractivity (Wildman–Crippen MR) is 75.8 cm³/mol. The highest BCUT2D eigenvalue weighted by Gasteiger charge is 2.20. The topological polar surface area (TPSA) is 15.3 Å². The van der Waals surface area contributed by atoms with Gasteiger partial charge in [0.1, 0.15) is 0 Å². The van der Waals surface area contributed by atoms with Crippen molar-refractivity contribution in [2.24, 2.45) is 0 Å². The van der Waals surface area contributed by atoms with Crippen LogP contribution < -0.4 is 5.32 Å². The molecular formula is C14H22N2S. The van der Waals surface area contributed by atoms with Gasteiger partial charge in [-0.2, -0.15) is 0 Å². The van der Waals surface area contributed by atoms with Gasteiger partial charge in [0.25, 0.3) is 0 Å². The minimum absolute atomic E-state index is 0.722. The van der Waals surface area contributed by atoms with Gasteiger partial charge >= 0.3 is 0 Å². The zero-order valence-corrected chi connectivity index (χ0v) is 11.6. The van der Waals surface area contributed by atoms with Crippen molar-refractivity contribution >= 4 is 11.8 Å². The zero-order chi connectivity index (χ0) is 12.1. The van der Waals surface area contributed by atoms with Crippen molar-refractivity contribution in [3.63, 3.8) is 0 Å². The number of hydrogen-bond acceptors (Lipinski definition) is 3. The van der Waals surface area contributed by atoms with Gasteiger partial charge in [-0.15, -0.1) is 11.8 Å². The minimum atomic E-state index is 0.722. The molecule has 94 valence electrons. The Kier molecular flexibility index (Phi) is 4.89. The van der Waals surface area contributed by atoms with Crippen LogP contribution in [-0.4, -0.2) is 43.4 Å². The molecule has 0 aromatic heterocycles. The predicted octanol–water partition coefficient (Wildman–Crippen LogP) is 2.24. The lowest BCUT2D eigenvalue weighted by Crippen LogP contribution is -2.32. The largest absolute Gasteiger partial charge is 0.314 e. The third-order valence-corrected chi connectivity index (χ3v) is 4.61. The normalized spacial score (nSPS) is 18.6. The Hall–Kier alpha value is -0.510. The summed E-state index contributed by atoms with van der Waals surface area (Å²) in [7, 11) is 2.17. The Balaban J connectivity index is 1.67. The Labute approximate surface area is 109 Å². The van der Waals surface area contributed by atoms with E-state index in [1.165, 1.54) is 16.9 Å². The van der Waals surface area contributed by atoms with E-state index < -0.39 is 0 Å². The maximum atomic E-state index is 3.56. The number of fused-ring (bicyclic) bond motifs is 1. The zero-order valence-electron chi connectivity index (χ0n) is 10.8. The first-order valence-electron chi connectivity index (χ1n) is 6.43. The van der Waals surface area contributed by atoms with Crippen LogP contribution in [0.1, 0.15) is 12.5 Å². The van der Waals surface area contributed by atoms with E-state index in [-0.39, 0.29) is 0 Å². The van der Waals surface area contributed by atoms with Gasteiger partial charge in [0.15, 0.2) is 0 Å². The SMILES string of the molecule is CCN(C)CCNCC1Cc2ccccc2S1. The van der Waals surface area contributed by atoms with Crippen molar-refractivity contribution in [2.75, 3.05) is 33.2 Å². The molecule has 0 bridgehead atoms. The molecule has 17 heavy (non-hydrogen) atoms. The number of rotatable bonds is 6. The molecule has 2 nitrogen and oxygen atoms in total. The number of hydrogen-bond donors (Lipinski definition) is 1. The van der Waals surface area contributed by atoms with Crippen molar-refractivity contribution < 1.29 is 0 Å². The van der Waals surface area contributed by atoms with Crippen LogP contribution in [0.5, 0.6) is 0 Å². The van der Waals surface area contributed by atoms with Gasteiger partial charge in [-0.1, -0.05) is 25.1 Å². The first-order chi connectivity index (χ1) is 8.29. The second-order valence-corrected chi connectivity index (χ2v) is 5.99. The molecule has 0 fully saturated rings. The van der Waals surface area contributed by atoms with Gasteiger partial charge < -0.3 is 10.2 Å². The highest BCUT2D eigenvalue weighted by atomic mass is 32.2. The summed E-state index contributed by atoms with van der Waals surface area (Å²) < 4.78 is 0. The molecule has 0 aliphatic carbocycles. The van der Waals surface area contributed by atoms with E-state index in [1.807, 2.05) is 11.8 Å². The highest BCUT2D eigenvalue weighted by molar-refractivity contribution is 8.00. The molecule has 1 heterocycles. The third kappa shape index (κ3) is 3.73. The lowest BCUT2D eigenvalue weighted by atomic mass is 10.1. The van der Waals surface area contributed by atoms with Gasteiger partial charge in [0, 0.05) is 29.8 Å². The summed E-state index contributed by atoms with van der Waals surface area (Å²) in [5.41, 5.74) is 1.52. The highest BCUT2D eigenvalue weighted by Crippen LogP contribution is 2.36. The second kappa shape index (κ2) is 6.43. The van der Waals surface area contributed by atoms with Crippen molar-refractivity contribution in [1.82, 2.24) is 10.2 Å². The van der Waals surface area contributed by atoms with Crippen LogP contribution in [0, 0.1) is 0 Å². The quantitative estimate of drug-likeness (QED) is 0.780. The third-order valence-electron chi connectivity index (χ3n) is 3.30. The summed E-state index contributed by atoms with van der Waals surface area (Å²) in [6.45, 7) is 6.68. The molecule has 0 saturated carbocycles. The fourth-order valence-electron chi connectivity index (χ4n) is 2.06. The van der Waals surface area contributed by atoms with Crippen LogP contribution in [0.4, 0.5) is 0 Å². The van der Waals surface area contributed by atoms with Gasteiger partial charge in [-0.05, 0) is 31.6 Å². The summed E-state index contributed by atoms with van der Waals surface area (Å²) in [4.78, 5) is 3.81. The first kappa shape index (κ1) is 12.9. The van der Waals surface area contributed by atoms with Crippen LogP contribution >= 0.6 is 11.8 Å². The maximum Gasteiger partial charge on any atom is 0.0260 e. The van der Waals surface area contributed by atoms with E-state index in [2.05, 4.69) is 48.5 Å². The monoisotopic (exact) mass is 250 g/mol. The molecule has 1 unspecified atom stereocenters. The Morgan fingerprint density at radius 2 is 2.24 bits per heavy atom. The summed E-state index contributed by atoms with van der Waals surface area (Å²) >= 11 is 2.02. The lowest BCUT2D eigenvalue weighted by molar-refractivity contribution is 0.349. The molecule has 1 atom stereocenters. The van der Waals surface area contributed by atoms with Crippen LogP contribution in [0.15, 0.2) is 29.2 Å². The van der Waals surface area contributed by atoms with Gasteiger partial charge in [-0.25, -0.2) is 0 Å². The van der Waals surface area contributed by atoms with E-state index in [1.54, 1.807) is 0 Å². The Morgan fingerprint density at radius 3 is 3.00 bits per heavy atom. The molecule has 1 aromatic carbocycles. The maximum absolute atomic E-state index is 3.56. The van der Waals surface area contributed by atoms with Gasteiger partial charge in [0.2, 0.25) is 0 Å². The van der Waals surface area contributed by atoms with E-state index in [0.29, 0.717) is 0 Å². The van der Waals surface area contributed by atoms with E-state index in [0.717, 1.165) is 31.4 Å². The van der Waals surface area contributed by atoms with Crippen LogP contribution in [0.3, 0.4) is 0 Å². The fourth-order valence-corrected chi connectivity index (χ4v) is 3.34. The van der Waals surface area contributed by atoms with Crippen molar-refractivity contribution in [1.29, 1.82) is 0 Å². The average molecular weight is 250 g/mol. The van der Waals surface area contributed by atoms with E-state index >= 15 is 0 Å².